The second-order valence-electron chi connectivity index (χ2n) is 1.79. The maximum absolute atomic E-state index is 3.66. The van der Waals surface area contributed by atoms with Crippen molar-refractivity contribution in [2.24, 2.45) is 0 Å². The van der Waals surface area contributed by atoms with Gasteiger partial charge in [-0.05, 0) is 13.0 Å². The van der Waals surface area contributed by atoms with Gasteiger partial charge in [-0.15, -0.1) is 10.2 Å². The molecule has 3 nitrogen and oxygen atoms in total. The van der Waals surface area contributed by atoms with Crippen molar-refractivity contribution >= 4 is 5.70 Å². The quantitative estimate of drug-likeness (QED) is 0.572. The van der Waals surface area contributed by atoms with Crippen LogP contribution in [-0.2, 0) is 0 Å². The molecule has 0 saturated carbocycles. The van der Waals surface area contributed by atoms with Crippen LogP contribution in [0.5, 0.6) is 0 Å². The molecular weight excluding hydrogens is 126 g/mol. The molecule has 10 heavy (non-hydrogen) atoms. The van der Waals surface area contributed by atoms with Gasteiger partial charge in [-0.25, -0.2) is 0 Å². The molecule has 0 unspecified atom stereocenters. The molecule has 0 aromatic carbocycles. The van der Waals surface area contributed by atoms with E-state index in [0.29, 0.717) is 0 Å². The second-order valence-corrected chi connectivity index (χ2v) is 1.79. The van der Waals surface area contributed by atoms with Crippen LogP contribution in [0.2, 0.25) is 0 Å². The molecule has 0 spiro atoms. The highest BCUT2D eigenvalue weighted by Gasteiger charge is 1.90. The Morgan fingerprint density at radius 3 is 2.50 bits per heavy atom. The molecule has 0 atom stereocenters. The summed E-state index contributed by atoms with van der Waals surface area (Å²) in [5.41, 5.74) is 0.991. The molecule has 0 aliphatic carbocycles. The van der Waals surface area contributed by atoms with Gasteiger partial charge in [0.1, 0.15) is 12.7 Å². The lowest BCUT2D eigenvalue weighted by Crippen LogP contribution is -1.88. The molecule has 1 heterocycles. The molecule has 0 aliphatic rings. The molecule has 1 aromatic heterocycles. The fourth-order valence-corrected chi connectivity index (χ4v) is 0.706. The van der Waals surface area contributed by atoms with Crippen molar-refractivity contribution in [3.8, 4) is 0 Å². The molecule has 52 valence electrons. The predicted molar refractivity (Wildman–Crippen MR) is 40.2 cm³/mol. The summed E-state index contributed by atoms with van der Waals surface area (Å²) in [7, 11) is 0. The summed E-state index contributed by atoms with van der Waals surface area (Å²) in [5.74, 6) is 0. The van der Waals surface area contributed by atoms with Crippen molar-refractivity contribution in [2.45, 2.75) is 6.92 Å². The minimum Gasteiger partial charge on any atom is -0.289 e. The largest absolute Gasteiger partial charge is 0.289 e. The lowest BCUT2D eigenvalue weighted by Gasteiger charge is -1.97. The van der Waals surface area contributed by atoms with Gasteiger partial charge in [-0.1, -0.05) is 12.7 Å². The zero-order valence-corrected chi connectivity index (χ0v) is 5.86. The summed E-state index contributed by atoms with van der Waals surface area (Å²) >= 11 is 0. The van der Waals surface area contributed by atoms with E-state index >= 15 is 0 Å². The first kappa shape index (κ1) is 6.74. The Bertz CT molecular complexity index is 233. The van der Waals surface area contributed by atoms with E-state index in [9.17, 15) is 0 Å². The van der Waals surface area contributed by atoms with Gasteiger partial charge < -0.3 is 0 Å². The van der Waals surface area contributed by atoms with Gasteiger partial charge in [0.2, 0.25) is 0 Å². The van der Waals surface area contributed by atoms with Crippen LogP contribution in [-0.4, -0.2) is 14.8 Å². The summed E-state index contributed by atoms with van der Waals surface area (Å²) in [6.07, 6.45) is 6.97. The van der Waals surface area contributed by atoms with Crippen LogP contribution >= 0.6 is 0 Å². The highest BCUT2D eigenvalue weighted by molar-refractivity contribution is 5.54. The number of rotatable bonds is 2. The SMILES string of the molecule is C=C/C(=C\C)n1cnnc1. The number of aromatic nitrogens is 3. The first-order chi connectivity index (χ1) is 4.88. The van der Waals surface area contributed by atoms with Crippen molar-refractivity contribution < 1.29 is 0 Å². The van der Waals surface area contributed by atoms with Crippen LogP contribution in [0.1, 0.15) is 6.92 Å². The summed E-state index contributed by atoms with van der Waals surface area (Å²) in [6.45, 7) is 5.58. The lowest BCUT2D eigenvalue weighted by molar-refractivity contribution is 1.09. The van der Waals surface area contributed by atoms with Crippen LogP contribution < -0.4 is 0 Å². The van der Waals surface area contributed by atoms with Gasteiger partial charge >= 0.3 is 0 Å². The van der Waals surface area contributed by atoms with Crippen LogP contribution in [0, 0.1) is 0 Å². The Morgan fingerprint density at radius 2 is 2.10 bits per heavy atom. The van der Waals surface area contributed by atoms with E-state index in [0.717, 1.165) is 5.70 Å². The molecule has 0 radical (unpaired) electrons. The molecule has 0 saturated heterocycles. The second kappa shape index (κ2) is 2.96. The van der Waals surface area contributed by atoms with Gasteiger partial charge in [-0.3, -0.25) is 4.57 Å². The molecule has 0 bridgehead atoms. The van der Waals surface area contributed by atoms with Gasteiger partial charge in [0.15, 0.2) is 0 Å². The molecule has 0 amide bonds. The molecule has 3 heteroatoms. The number of hydrogen-bond acceptors (Lipinski definition) is 2. The number of allylic oxidation sites excluding steroid dienone is 3. The van der Waals surface area contributed by atoms with E-state index in [1.54, 1.807) is 23.3 Å². The van der Waals surface area contributed by atoms with E-state index in [4.69, 9.17) is 0 Å². The third-order valence-corrected chi connectivity index (χ3v) is 1.22. The van der Waals surface area contributed by atoms with Crippen molar-refractivity contribution in [3.63, 3.8) is 0 Å². The van der Waals surface area contributed by atoms with Gasteiger partial charge in [0.05, 0.1) is 0 Å². The zero-order chi connectivity index (χ0) is 7.40. The fraction of sp³-hybridized carbons (Fsp3) is 0.143. The Labute approximate surface area is 59.7 Å². The Morgan fingerprint density at radius 1 is 1.50 bits per heavy atom. The monoisotopic (exact) mass is 135 g/mol. The molecule has 0 N–H and O–H groups in total. The lowest BCUT2D eigenvalue weighted by atomic mass is 10.4. The first-order valence-electron chi connectivity index (χ1n) is 3.02. The first-order valence-corrected chi connectivity index (χ1v) is 3.02. The maximum atomic E-state index is 3.66. The number of nitrogens with zero attached hydrogens (tertiary/aromatic N) is 3. The van der Waals surface area contributed by atoms with Crippen molar-refractivity contribution in [1.82, 2.24) is 14.8 Å². The van der Waals surface area contributed by atoms with Crippen molar-refractivity contribution in [1.29, 1.82) is 0 Å². The third-order valence-electron chi connectivity index (χ3n) is 1.22. The Hall–Kier alpha value is -1.38. The summed E-state index contributed by atoms with van der Waals surface area (Å²) in [4.78, 5) is 0. The minimum atomic E-state index is 0.991. The highest BCUT2D eigenvalue weighted by atomic mass is 15.2. The smallest absolute Gasteiger partial charge is 0.123 e. The van der Waals surface area contributed by atoms with E-state index in [-0.39, 0.29) is 0 Å². The molecular formula is C7H9N3. The van der Waals surface area contributed by atoms with Gasteiger partial charge in [0.25, 0.3) is 0 Å². The van der Waals surface area contributed by atoms with Crippen LogP contribution in [0.15, 0.2) is 31.4 Å². The average Bonchev–Trinajstić information content (AvgIpc) is 2.43. The highest BCUT2D eigenvalue weighted by Crippen LogP contribution is 2.01. The Balaban J connectivity index is 2.95. The molecule has 0 fully saturated rings. The van der Waals surface area contributed by atoms with E-state index in [1.165, 1.54) is 0 Å². The van der Waals surface area contributed by atoms with E-state index in [2.05, 4.69) is 16.8 Å². The normalized spacial score (nSPS) is 11.5. The average molecular weight is 135 g/mol. The topological polar surface area (TPSA) is 30.7 Å². The minimum absolute atomic E-state index is 0.991. The van der Waals surface area contributed by atoms with E-state index < -0.39 is 0 Å². The maximum Gasteiger partial charge on any atom is 0.123 e. The Kier molecular flexibility index (Phi) is 1.99. The van der Waals surface area contributed by atoms with Crippen molar-refractivity contribution in [3.05, 3.63) is 31.4 Å². The van der Waals surface area contributed by atoms with Gasteiger partial charge in [0, 0.05) is 5.70 Å². The number of hydrogen-bond donors (Lipinski definition) is 0. The molecule has 1 aromatic rings. The van der Waals surface area contributed by atoms with Crippen molar-refractivity contribution in [2.75, 3.05) is 0 Å². The standard InChI is InChI=1S/C7H9N3/c1-3-7(4-2)10-5-8-9-6-10/h3-6H,1H2,2H3/b7-4+. The fourth-order valence-electron chi connectivity index (χ4n) is 0.706. The van der Waals surface area contributed by atoms with Crippen LogP contribution in [0.4, 0.5) is 0 Å². The predicted octanol–water partition coefficient (Wildman–Crippen LogP) is 1.32. The van der Waals surface area contributed by atoms with E-state index in [1.807, 2.05) is 13.0 Å². The van der Waals surface area contributed by atoms with Crippen LogP contribution in [0.3, 0.4) is 0 Å². The molecule has 0 aliphatic heterocycles. The summed E-state index contributed by atoms with van der Waals surface area (Å²) in [5, 5.41) is 7.33. The third kappa shape index (κ3) is 1.13. The summed E-state index contributed by atoms with van der Waals surface area (Å²) < 4.78 is 1.80. The summed E-state index contributed by atoms with van der Waals surface area (Å²) in [6, 6.07) is 0. The zero-order valence-electron chi connectivity index (χ0n) is 5.86. The van der Waals surface area contributed by atoms with Gasteiger partial charge in [-0.2, -0.15) is 0 Å². The molecule has 1 rings (SSSR count). The van der Waals surface area contributed by atoms with Crippen LogP contribution in [0.25, 0.3) is 5.70 Å².